The highest BCUT2D eigenvalue weighted by Crippen LogP contribution is 2.23. The van der Waals surface area contributed by atoms with Gasteiger partial charge in [0.2, 0.25) is 0 Å². The van der Waals surface area contributed by atoms with E-state index in [9.17, 15) is 0 Å². The van der Waals surface area contributed by atoms with E-state index < -0.39 is 0 Å². The van der Waals surface area contributed by atoms with Crippen molar-refractivity contribution in [2.75, 3.05) is 0 Å². The molecule has 0 aliphatic carbocycles. The summed E-state index contributed by atoms with van der Waals surface area (Å²) in [5.74, 6) is 6.58. The van der Waals surface area contributed by atoms with Gasteiger partial charge < -0.3 is 5.32 Å². The first kappa shape index (κ1) is 24.1. The van der Waals surface area contributed by atoms with Crippen LogP contribution < -0.4 is 5.32 Å². The van der Waals surface area contributed by atoms with Crippen molar-refractivity contribution >= 4 is 11.6 Å². The van der Waals surface area contributed by atoms with E-state index in [1.807, 2.05) is 18.2 Å². The third kappa shape index (κ3) is 7.56. The molecule has 166 valence electrons. The largest absolute Gasteiger partial charge is 0.304 e. The van der Waals surface area contributed by atoms with Gasteiger partial charge in [0.05, 0.1) is 0 Å². The van der Waals surface area contributed by atoms with Gasteiger partial charge in [-0.2, -0.15) is 0 Å². The minimum absolute atomic E-state index is 0.161. The molecule has 0 aliphatic rings. The van der Waals surface area contributed by atoms with E-state index in [4.69, 9.17) is 11.6 Å². The number of rotatable bonds is 9. The first-order valence-corrected chi connectivity index (χ1v) is 12.0. The molecule has 3 aromatic carbocycles. The highest BCUT2D eigenvalue weighted by Gasteiger charge is 2.19. The topological polar surface area (TPSA) is 12.0 Å². The minimum atomic E-state index is -0.161. The van der Waals surface area contributed by atoms with Crippen LogP contribution in [0, 0.1) is 11.8 Å². The predicted octanol–water partition coefficient (Wildman–Crippen LogP) is 7.89. The van der Waals surface area contributed by atoms with Crippen molar-refractivity contribution in [2.24, 2.45) is 0 Å². The molecule has 0 bridgehead atoms. The quantitative estimate of drug-likeness (QED) is 0.262. The lowest BCUT2D eigenvalue weighted by Crippen LogP contribution is -2.35. The summed E-state index contributed by atoms with van der Waals surface area (Å²) in [6.07, 6.45) is 6.38. The fraction of sp³-hybridized carbons (Fsp3) is 0.333. The second kappa shape index (κ2) is 11.9. The Labute approximate surface area is 199 Å². The molecule has 0 unspecified atom stereocenters. The molecule has 1 nitrogen and oxygen atoms in total. The summed E-state index contributed by atoms with van der Waals surface area (Å²) in [6.45, 7) is 7.39. The van der Waals surface area contributed by atoms with Crippen molar-refractivity contribution in [2.45, 2.75) is 65.0 Å². The van der Waals surface area contributed by atoms with E-state index >= 15 is 0 Å². The summed E-state index contributed by atoms with van der Waals surface area (Å²) in [6, 6.07) is 25.2. The van der Waals surface area contributed by atoms with Crippen molar-refractivity contribution < 1.29 is 0 Å². The number of aryl methyl sites for hydroxylation is 1. The van der Waals surface area contributed by atoms with Crippen LogP contribution in [0.25, 0.3) is 0 Å². The zero-order valence-corrected chi connectivity index (χ0v) is 20.3. The van der Waals surface area contributed by atoms with Crippen LogP contribution in [0.4, 0.5) is 0 Å². The van der Waals surface area contributed by atoms with Crippen molar-refractivity contribution in [3.8, 4) is 11.8 Å². The molecule has 0 aliphatic heterocycles. The summed E-state index contributed by atoms with van der Waals surface area (Å²) in [5, 5.41) is 4.39. The highest BCUT2D eigenvalue weighted by molar-refractivity contribution is 6.30. The van der Waals surface area contributed by atoms with Crippen LogP contribution in [0.1, 0.15) is 74.3 Å². The van der Waals surface area contributed by atoms with Crippen LogP contribution in [0.3, 0.4) is 0 Å². The molecule has 0 spiro atoms. The lowest BCUT2D eigenvalue weighted by Gasteiger charge is -2.27. The van der Waals surface area contributed by atoms with E-state index in [0.29, 0.717) is 0 Å². The summed E-state index contributed by atoms with van der Waals surface area (Å²) in [4.78, 5) is 0. The second-order valence-corrected chi connectivity index (χ2v) is 9.38. The van der Waals surface area contributed by atoms with Crippen molar-refractivity contribution in [3.63, 3.8) is 0 Å². The van der Waals surface area contributed by atoms with E-state index in [0.717, 1.165) is 29.1 Å². The van der Waals surface area contributed by atoms with Crippen molar-refractivity contribution in [1.29, 1.82) is 0 Å². The van der Waals surface area contributed by atoms with E-state index in [2.05, 4.69) is 92.5 Å². The summed E-state index contributed by atoms with van der Waals surface area (Å²) in [7, 11) is 0. The average Bonchev–Trinajstić information content (AvgIpc) is 2.81. The molecule has 0 amide bonds. The van der Waals surface area contributed by atoms with Crippen LogP contribution >= 0.6 is 11.6 Å². The number of hydrogen-bond donors (Lipinski definition) is 1. The van der Waals surface area contributed by atoms with Gasteiger partial charge >= 0.3 is 0 Å². The summed E-state index contributed by atoms with van der Waals surface area (Å²) >= 11 is 6.16. The zero-order chi connectivity index (χ0) is 22.8. The molecule has 0 fully saturated rings. The minimum Gasteiger partial charge on any atom is -0.304 e. The van der Waals surface area contributed by atoms with Gasteiger partial charge in [0.15, 0.2) is 0 Å². The standard InChI is InChI=1S/C30H34ClN/c1-4-5-6-7-9-24-12-14-25(15-13-24)16-17-26-18-20-27(21-19-26)23-32-30(2,3)28-10-8-11-29(31)22-28/h8,10-15,18-22,32H,4-7,9,23H2,1-3H3. The molecular formula is C30H34ClN. The Bertz CT molecular complexity index is 1040. The van der Waals surface area contributed by atoms with E-state index in [1.54, 1.807) is 0 Å². The average molecular weight is 444 g/mol. The Hall–Kier alpha value is -2.53. The molecule has 0 saturated carbocycles. The number of benzene rings is 3. The Morgan fingerprint density at radius 1 is 0.781 bits per heavy atom. The van der Waals surface area contributed by atoms with Gasteiger partial charge in [-0.25, -0.2) is 0 Å². The zero-order valence-electron chi connectivity index (χ0n) is 19.5. The molecule has 0 radical (unpaired) electrons. The molecule has 32 heavy (non-hydrogen) atoms. The van der Waals surface area contributed by atoms with Crippen LogP contribution in [0.15, 0.2) is 72.8 Å². The summed E-state index contributed by atoms with van der Waals surface area (Å²) in [5.41, 5.74) is 5.76. The van der Waals surface area contributed by atoms with Crippen LogP contribution in [-0.2, 0) is 18.5 Å². The smallest absolute Gasteiger partial charge is 0.0409 e. The first-order valence-electron chi connectivity index (χ1n) is 11.7. The van der Waals surface area contributed by atoms with Gasteiger partial charge in [0.25, 0.3) is 0 Å². The Balaban J connectivity index is 1.53. The Morgan fingerprint density at radius 3 is 2.00 bits per heavy atom. The maximum absolute atomic E-state index is 6.16. The SMILES string of the molecule is CCCCCCc1ccc(C#Cc2ccc(CNC(C)(C)c3cccc(Cl)c3)cc2)cc1. The highest BCUT2D eigenvalue weighted by atomic mass is 35.5. The number of hydrogen-bond acceptors (Lipinski definition) is 1. The van der Waals surface area contributed by atoms with Gasteiger partial charge in [0.1, 0.15) is 0 Å². The van der Waals surface area contributed by atoms with Gasteiger partial charge in [0, 0.05) is 28.2 Å². The second-order valence-electron chi connectivity index (χ2n) is 8.94. The van der Waals surface area contributed by atoms with Crippen LogP contribution in [-0.4, -0.2) is 0 Å². The lowest BCUT2D eigenvalue weighted by molar-refractivity contribution is 0.401. The fourth-order valence-electron chi connectivity index (χ4n) is 3.66. The monoisotopic (exact) mass is 443 g/mol. The van der Waals surface area contributed by atoms with Gasteiger partial charge in [-0.3, -0.25) is 0 Å². The van der Waals surface area contributed by atoms with Gasteiger partial charge in [-0.1, -0.05) is 86.0 Å². The van der Waals surface area contributed by atoms with Crippen molar-refractivity contribution in [1.82, 2.24) is 5.32 Å². The third-order valence-corrected chi connectivity index (χ3v) is 6.09. The van der Waals surface area contributed by atoms with Crippen LogP contribution in [0.2, 0.25) is 5.02 Å². The van der Waals surface area contributed by atoms with Gasteiger partial charge in [-0.15, -0.1) is 0 Å². The summed E-state index contributed by atoms with van der Waals surface area (Å²) < 4.78 is 0. The first-order chi connectivity index (χ1) is 15.5. The molecule has 0 saturated heterocycles. The lowest BCUT2D eigenvalue weighted by atomic mass is 9.94. The molecule has 0 atom stereocenters. The number of nitrogens with one attached hydrogen (secondary N) is 1. The van der Waals surface area contributed by atoms with E-state index in [1.165, 1.54) is 42.4 Å². The predicted molar refractivity (Wildman–Crippen MR) is 138 cm³/mol. The third-order valence-electron chi connectivity index (χ3n) is 5.86. The molecule has 1 N–H and O–H groups in total. The maximum atomic E-state index is 6.16. The molecule has 3 aromatic rings. The molecule has 0 aromatic heterocycles. The Morgan fingerprint density at radius 2 is 1.41 bits per heavy atom. The van der Waals surface area contributed by atoms with Crippen molar-refractivity contribution in [3.05, 3.63) is 106 Å². The molecule has 0 heterocycles. The molecular weight excluding hydrogens is 410 g/mol. The number of halogens is 1. The normalized spacial score (nSPS) is 11.1. The van der Waals surface area contributed by atoms with E-state index in [-0.39, 0.29) is 5.54 Å². The van der Waals surface area contributed by atoms with Crippen LogP contribution in [0.5, 0.6) is 0 Å². The molecule has 3 rings (SSSR count). The maximum Gasteiger partial charge on any atom is 0.0409 e. The molecule has 2 heteroatoms. The Kier molecular flexibility index (Phi) is 8.98. The number of unbranched alkanes of at least 4 members (excludes halogenated alkanes) is 3. The van der Waals surface area contributed by atoms with Gasteiger partial charge in [-0.05, 0) is 79.8 Å². The fourth-order valence-corrected chi connectivity index (χ4v) is 3.85.